The van der Waals surface area contributed by atoms with E-state index < -0.39 is 37.6 Å². The van der Waals surface area contributed by atoms with Crippen LogP contribution in [0.1, 0.15) is 33.6 Å². The van der Waals surface area contributed by atoms with Gasteiger partial charge in [-0.1, -0.05) is 20.8 Å². The minimum atomic E-state index is -1.15. The molecule has 0 bridgehead atoms. The first-order valence-electron chi connectivity index (χ1n) is 7.77. The van der Waals surface area contributed by atoms with Gasteiger partial charge in [0.05, 0.1) is 25.4 Å². The quantitative estimate of drug-likeness (QED) is 0.275. The van der Waals surface area contributed by atoms with Crippen molar-refractivity contribution in [2.45, 2.75) is 58.0 Å². The molecule has 0 aromatic heterocycles. The van der Waals surface area contributed by atoms with E-state index in [1.165, 1.54) is 0 Å². The smallest absolute Gasteiger partial charge is 0.103 e. The number of nitrogens with zero attached hydrogens (tertiary/aromatic N) is 1. The molecular weight excluding hydrogens is 290 g/mol. The van der Waals surface area contributed by atoms with Gasteiger partial charge in [0.2, 0.25) is 0 Å². The molecule has 7 nitrogen and oxygen atoms in total. The molecule has 0 saturated carbocycles. The molecule has 0 heterocycles. The van der Waals surface area contributed by atoms with Crippen molar-refractivity contribution in [3.05, 3.63) is 0 Å². The molecule has 0 aliphatic rings. The molecule has 7 heteroatoms. The molecule has 0 aromatic carbocycles. The van der Waals surface area contributed by atoms with Crippen LogP contribution in [0.25, 0.3) is 0 Å². The van der Waals surface area contributed by atoms with Gasteiger partial charge in [0, 0.05) is 19.6 Å². The second kappa shape index (κ2) is 10.5. The van der Waals surface area contributed by atoms with E-state index in [1.807, 2.05) is 4.90 Å². The minimum Gasteiger partial charge on any atom is -0.394 e. The number of rotatable bonds is 11. The van der Waals surface area contributed by atoms with Crippen LogP contribution in [0.4, 0.5) is 0 Å². The standard InChI is InChI=1S/C15H33NO6/c1-15(2,3)10-16(6-4-11(19)13(21)8-17)7-5-12(20)14(22)9-18/h11-14,17-22H,4-10H2,1-3H3. The average Bonchev–Trinajstić information content (AvgIpc) is 2.45. The molecule has 0 fully saturated rings. The SMILES string of the molecule is CC(C)(C)CN(CCC(O)C(O)CO)CCC(O)C(O)CO. The van der Waals surface area contributed by atoms with E-state index in [4.69, 9.17) is 10.2 Å². The highest BCUT2D eigenvalue weighted by atomic mass is 16.4. The van der Waals surface area contributed by atoms with Gasteiger partial charge in [-0.05, 0) is 18.3 Å². The summed E-state index contributed by atoms with van der Waals surface area (Å²) in [7, 11) is 0. The Hall–Kier alpha value is -0.280. The van der Waals surface area contributed by atoms with Gasteiger partial charge in [-0.2, -0.15) is 0 Å². The normalized spacial score (nSPS) is 18.3. The third kappa shape index (κ3) is 9.68. The van der Waals surface area contributed by atoms with Crippen LogP contribution in [0, 0.1) is 5.41 Å². The van der Waals surface area contributed by atoms with Crippen molar-refractivity contribution in [1.29, 1.82) is 0 Å². The molecule has 0 spiro atoms. The minimum absolute atomic E-state index is 0.0150. The molecule has 6 N–H and O–H groups in total. The molecule has 134 valence electrons. The van der Waals surface area contributed by atoms with Gasteiger partial charge >= 0.3 is 0 Å². The van der Waals surface area contributed by atoms with E-state index >= 15 is 0 Å². The molecule has 22 heavy (non-hydrogen) atoms. The molecular formula is C15H33NO6. The van der Waals surface area contributed by atoms with Crippen molar-refractivity contribution in [1.82, 2.24) is 4.90 Å². The monoisotopic (exact) mass is 323 g/mol. The summed E-state index contributed by atoms with van der Waals surface area (Å²) in [6.07, 6.45) is -3.70. The molecule has 4 unspecified atom stereocenters. The zero-order chi connectivity index (χ0) is 17.3. The summed E-state index contributed by atoms with van der Waals surface area (Å²) in [6.45, 7) is 6.95. The predicted molar refractivity (Wildman–Crippen MR) is 83.3 cm³/mol. The third-order valence-electron chi connectivity index (χ3n) is 3.44. The van der Waals surface area contributed by atoms with E-state index in [0.717, 1.165) is 6.54 Å². The third-order valence-corrected chi connectivity index (χ3v) is 3.44. The van der Waals surface area contributed by atoms with E-state index in [0.29, 0.717) is 25.9 Å². The molecule has 0 aliphatic heterocycles. The molecule has 0 radical (unpaired) electrons. The molecule has 0 rings (SSSR count). The van der Waals surface area contributed by atoms with Crippen LogP contribution in [0.2, 0.25) is 0 Å². The first kappa shape index (κ1) is 21.7. The van der Waals surface area contributed by atoms with E-state index in [9.17, 15) is 20.4 Å². The Labute approximate surface area is 132 Å². The highest BCUT2D eigenvalue weighted by Crippen LogP contribution is 2.17. The maximum Gasteiger partial charge on any atom is 0.103 e. The number of aliphatic hydroxyl groups excluding tert-OH is 6. The Morgan fingerprint density at radius 1 is 0.727 bits per heavy atom. The van der Waals surface area contributed by atoms with Crippen LogP contribution in [-0.4, -0.2) is 92.8 Å². The lowest BCUT2D eigenvalue weighted by Crippen LogP contribution is -2.40. The van der Waals surface area contributed by atoms with Crippen LogP contribution in [0.3, 0.4) is 0 Å². The number of hydrogen-bond acceptors (Lipinski definition) is 7. The fraction of sp³-hybridized carbons (Fsp3) is 1.00. The van der Waals surface area contributed by atoms with E-state index in [-0.39, 0.29) is 5.41 Å². The fourth-order valence-electron chi connectivity index (χ4n) is 2.20. The zero-order valence-electron chi connectivity index (χ0n) is 13.9. The second-order valence-electron chi connectivity index (χ2n) is 7.05. The van der Waals surface area contributed by atoms with Crippen molar-refractivity contribution in [2.75, 3.05) is 32.8 Å². The Morgan fingerprint density at radius 3 is 1.36 bits per heavy atom. The van der Waals surface area contributed by atoms with Gasteiger partial charge in [0.1, 0.15) is 12.2 Å². The number of hydrogen-bond donors (Lipinski definition) is 6. The summed E-state index contributed by atoms with van der Waals surface area (Å²) in [6, 6.07) is 0. The Kier molecular flexibility index (Phi) is 10.4. The fourth-order valence-corrected chi connectivity index (χ4v) is 2.20. The summed E-state index contributed by atoms with van der Waals surface area (Å²) in [5, 5.41) is 55.8. The maximum atomic E-state index is 9.71. The first-order chi connectivity index (χ1) is 10.1. The van der Waals surface area contributed by atoms with Crippen LogP contribution in [-0.2, 0) is 0 Å². The molecule has 0 amide bonds. The van der Waals surface area contributed by atoms with Crippen molar-refractivity contribution in [3.63, 3.8) is 0 Å². The van der Waals surface area contributed by atoms with Gasteiger partial charge in [0.15, 0.2) is 0 Å². The lowest BCUT2D eigenvalue weighted by molar-refractivity contribution is -0.0299. The maximum absolute atomic E-state index is 9.71. The summed E-state index contributed by atoms with van der Waals surface area (Å²) < 4.78 is 0. The van der Waals surface area contributed by atoms with Gasteiger partial charge in [-0.3, -0.25) is 0 Å². The van der Waals surface area contributed by atoms with Crippen LogP contribution in [0.5, 0.6) is 0 Å². The molecule has 4 atom stereocenters. The van der Waals surface area contributed by atoms with Crippen LogP contribution >= 0.6 is 0 Å². The molecule has 0 saturated heterocycles. The summed E-state index contributed by atoms with van der Waals surface area (Å²) in [5.74, 6) is 0. The molecule has 0 aliphatic carbocycles. The van der Waals surface area contributed by atoms with Crippen LogP contribution < -0.4 is 0 Å². The Bertz CT molecular complexity index is 264. The van der Waals surface area contributed by atoms with Crippen molar-refractivity contribution in [3.8, 4) is 0 Å². The van der Waals surface area contributed by atoms with Gasteiger partial charge in [0.25, 0.3) is 0 Å². The Balaban J connectivity index is 4.44. The Morgan fingerprint density at radius 2 is 1.09 bits per heavy atom. The van der Waals surface area contributed by atoms with Gasteiger partial charge < -0.3 is 35.5 Å². The van der Waals surface area contributed by atoms with Gasteiger partial charge in [-0.15, -0.1) is 0 Å². The highest BCUT2D eigenvalue weighted by molar-refractivity contribution is 4.75. The highest BCUT2D eigenvalue weighted by Gasteiger charge is 2.22. The average molecular weight is 323 g/mol. The van der Waals surface area contributed by atoms with Crippen molar-refractivity contribution >= 4 is 0 Å². The van der Waals surface area contributed by atoms with E-state index in [1.54, 1.807) is 0 Å². The topological polar surface area (TPSA) is 125 Å². The van der Waals surface area contributed by atoms with Crippen molar-refractivity contribution < 1.29 is 30.6 Å². The van der Waals surface area contributed by atoms with Crippen LogP contribution in [0.15, 0.2) is 0 Å². The van der Waals surface area contributed by atoms with Gasteiger partial charge in [-0.25, -0.2) is 0 Å². The first-order valence-corrected chi connectivity index (χ1v) is 7.77. The summed E-state index contributed by atoms with van der Waals surface area (Å²) >= 11 is 0. The summed E-state index contributed by atoms with van der Waals surface area (Å²) in [4.78, 5) is 2.03. The van der Waals surface area contributed by atoms with Crippen molar-refractivity contribution in [2.24, 2.45) is 5.41 Å². The lowest BCUT2D eigenvalue weighted by Gasteiger charge is -2.32. The lowest BCUT2D eigenvalue weighted by atomic mass is 9.95. The number of aliphatic hydroxyl groups is 6. The predicted octanol–water partition coefficient (Wildman–Crippen LogP) is -1.46. The second-order valence-corrected chi connectivity index (χ2v) is 7.05. The molecule has 0 aromatic rings. The van der Waals surface area contributed by atoms with E-state index in [2.05, 4.69) is 20.8 Å². The zero-order valence-corrected chi connectivity index (χ0v) is 13.9. The largest absolute Gasteiger partial charge is 0.394 e. The summed E-state index contributed by atoms with van der Waals surface area (Å²) in [5.41, 5.74) is 0.0150.